The van der Waals surface area contributed by atoms with E-state index in [1.165, 1.54) is 23.9 Å². The van der Waals surface area contributed by atoms with Crippen LogP contribution in [0, 0.1) is 0 Å². The summed E-state index contributed by atoms with van der Waals surface area (Å²) >= 11 is 0. The lowest BCUT2D eigenvalue weighted by molar-refractivity contribution is 0.0851. The molecule has 1 amide bonds. The van der Waals surface area contributed by atoms with Crippen LogP contribution < -0.4 is 10.0 Å². The third-order valence-corrected chi connectivity index (χ3v) is 4.69. The number of sulfonamides is 1. The van der Waals surface area contributed by atoms with Gasteiger partial charge in [0.15, 0.2) is 0 Å². The molecule has 8 heteroatoms. The van der Waals surface area contributed by atoms with E-state index < -0.39 is 10.0 Å². The van der Waals surface area contributed by atoms with Crippen molar-refractivity contribution in [3.05, 3.63) is 18.0 Å². The zero-order valence-corrected chi connectivity index (χ0v) is 12.4. The number of amides is 1. The summed E-state index contributed by atoms with van der Waals surface area (Å²) in [6, 6.07) is 1.36. The third kappa shape index (κ3) is 3.20. The van der Waals surface area contributed by atoms with Crippen LogP contribution >= 0.6 is 0 Å². The molecule has 1 saturated heterocycles. The van der Waals surface area contributed by atoms with E-state index in [-0.39, 0.29) is 16.9 Å². The molecule has 20 heavy (non-hydrogen) atoms. The number of nitrogens with one attached hydrogen (secondary N) is 2. The number of aryl methyl sites for hydroxylation is 1. The molecular formula is C12H19N3O4S. The van der Waals surface area contributed by atoms with Gasteiger partial charge in [0.05, 0.1) is 6.10 Å². The van der Waals surface area contributed by atoms with Gasteiger partial charge in [0.1, 0.15) is 10.6 Å². The summed E-state index contributed by atoms with van der Waals surface area (Å²) in [5.74, 6) is -0.305. The summed E-state index contributed by atoms with van der Waals surface area (Å²) in [6.45, 7) is 1.17. The van der Waals surface area contributed by atoms with Gasteiger partial charge < -0.3 is 14.6 Å². The predicted octanol–water partition coefficient (Wildman–Crippen LogP) is -0.158. The van der Waals surface area contributed by atoms with Crippen molar-refractivity contribution in [2.45, 2.75) is 23.8 Å². The molecule has 7 nitrogen and oxygen atoms in total. The molecule has 0 saturated carbocycles. The molecule has 1 fully saturated rings. The lowest BCUT2D eigenvalue weighted by Crippen LogP contribution is -2.32. The molecule has 0 aliphatic carbocycles. The van der Waals surface area contributed by atoms with Crippen LogP contribution in [0.15, 0.2) is 17.2 Å². The number of aromatic nitrogens is 1. The van der Waals surface area contributed by atoms with Crippen molar-refractivity contribution in [1.82, 2.24) is 14.6 Å². The first-order chi connectivity index (χ1) is 9.44. The van der Waals surface area contributed by atoms with Crippen molar-refractivity contribution in [2.75, 3.05) is 20.2 Å². The highest BCUT2D eigenvalue weighted by Gasteiger charge is 2.21. The highest BCUT2D eigenvalue weighted by molar-refractivity contribution is 7.89. The molecule has 1 aliphatic heterocycles. The van der Waals surface area contributed by atoms with Gasteiger partial charge in [0.25, 0.3) is 5.91 Å². The Labute approximate surface area is 118 Å². The number of nitrogens with zero attached hydrogens (tertiary/aromatic N) is 1. The number of ether oxygens (including phenoxy) is 1. The number of hydrogen-bond acceptors (Lipinski definition) is 4. The van der Waals surface area contributed by atoms with Crippen LogP contribution in [0.4, 0.5) is 0 Å². The van der Waals surface area contributed by atoms with Gasteiger partial charge in [-0.1, -0.05) is 0 Å². The highest BCUT2D eigenvalue weighted by Crippen LogP contribution is 2.14. The van der Waals surface area contributed by atoms with Gasteiger partial charge in [-0.05, 0) is 26.0 Å². The van der Waals surface area contributed by atoms with E-state index >= 15 is 0 Å². The first kappa shape index (κ1) is 15.0. The second-order valence-electron chi connectivity index (χ2n) is 4.72. The molecule has 0 unspecified atom stereocenters. The standard InChI is InChI=1S/C12H19N3O4S/c1-13-20(17,18)10-6-11(15(2)8-10)12(16)14-7-9-4-3-5-19-9/h6,8-9,13H,3-5,7H2,1-2H3,(H,14,16)/t9-/m0/s1. The fourth-order valence-corrected chi connectivity index (χ4v) is 2.93. The van der Waals surface area contributed by atoms with E-state index in [4.69, 9.17) is 4.74 Å². The molecule has 0 radical (unpaired) electrons. The van der Waals surface area contributed by atoms with Crippen molar-refractivity contribution in [2.24, 2.45) is 7.05 Å². The molecule has 1 atom stereocenters. The summed E-state index contributed by atoms with van der Waals surface area (Å²) in [7, 11) is -0.572. The Hall–Kier alpha value is -1.38. The van der Waals surface area contributed by atoms with Gasteiger partial charge in [-0.15, -0.1) is 0 Å². The molecule has 2 heterocycles. The van der Waals surface area contributed by atoms with E-state index in [1.54, 1.807) is 7.05 Å². The fraction of sp³-hybridized carbons (Fsp3) is 0.583. The fourth-order valence-electron chi connectivity index (χ4n) is 2.13. The van der Waals surface area contributed by atoms with Crippen LogP contribution in [-0.4, -0.2) is 45.2 Å². The topological polar surface area (TPSA) is 89.4 Å². The Morgan fingerprint density at radius 3 is 2.90 bits per heavy atom. The third-order valence-electron chi connectivity index (χ3n) is 3.31. The number of hydrogen-bond donors (Lipinski definition) is 2. The van der Waals surface area contributed by atoms with Crippen molar-refractivity contribution in [3.63, 3.8) is 0 Å². The Bertz CT molecular complexity index is 588. The van der Waals surface area contributed by atoms with Crippen molar-refractivity contribution in [1.29, 1.82) is 0 Å². The minimum atomic E-state index is -3.54. The lowest BCUT2D eigenvalue weighted by Gasteiger charge is -2.10. The summed E-state index contributed by atoms with van der Waals surface area (Å²) in [6.07, 6.45) is 3.41. The molecule has 1 aromatic rings. The van der Waals surface area contributed by atoms with Gasteiger partial charge in [0, 0.05) is 26.4 Å². The normalized spacial score (nSPS) is 19.2. The highest BCUT2D eigenvalue weighted by atomic mass is 32.2. The number of carbonyl (C=O) groups is 1. The van der Waals surface area contributed by atoms with Gasteiger partial charge in [-0.2, -0.15) is 0 Å². The van der Waals surface area contributed by atoms with Crippen LogP contribution in [0.25, 0.3) is 0 Å². The molecule has 0 bridgehead atoms. The second-order valence-corrected chi connectivity index (χ2v) is 6.61. The van der Waals surface area contributed by atoms with E-state index in [1.807, 2.05) is 0 Å². The van der Waals surface area contributed by atoms with Crippen LogP contribution in [0.1, 0.15) is 23.3 Å². The molecule has 2 rings (SSSR count). The Morgan fingerprint density at radius 2 is 2.30 bits per heavy atom. The average Bonchev–Trinajstić information content (AvgIpc) is 3.05. The second kappa shape index (κ2) is 5.94. The largest absolute Gasteiger partial charge is 0.376 e. The van der Waals surface area contributed by atoms with Gasteiger partial charge >= 0.3 is 0 Å². The molecule has 0 spiro atoms. The van der Waals surface area contributed by atoms with Gasteiger partial charge in [0.2, 0.25) is 10.0 Å². The van der Waals surface area contributed by atoms with E-state index in [0.29, 0.717) is 12.2 Å². The zero-order valence-electron chi connectivity index (χ0n) is 11.5. The maximum Gasteiger partial charge on any atom is 0.268 e. The minimum Gasteiger partial charge on any atom is -0.376 e. The smallest absolute Gasteiger partial charge is 0.268 e. The van der Waals surface area contributed by atoms with E-state index in [9.17, 15) is 13.2 Å². The molecule has 1 aromatic heterocycles. The van der Waals surface area contributed by atoms with Gasteiger partial charge in [-0.25, -0.2) is 13.1 Å². The van der Waals surface area contributed by atoms with Crippen molar-refractivity contribution in [3.8, 4) is 0 Å². The Kier molecular flexibility index (Phi) is 4.46. The predicted molar refractivity (Wildman–Crippen MR) is 73.0 cm³/mol. The maximum atomic E-state index is 12.0. The summed E-state index contributed by atoms with van der Waals surface area (Å²) in [5, 5.41) is 2.76. The molecule has 112 valence electrons. The first-order valence-corrected chi connectivity index (χ1v) is 7.92. The zero-order chi connectivity index (χ0) is 14.8. The molecular weight excluding hydrogens is 282 g/mol. The molecule has 2 N–H and O–H groups in total. The minimum absolute atomic E-state index is 0.0553. The summed E-state index contributed by atoms with van der Waals surface area (Å²) in [4.78, 5) is 12.1. The molecule has 0 aromatic carbocycles. The maximum absolute atomic E-state index is 12.0. The van der Waals surface area contributed by atoms with Crippen molar-refractivity contribution >= 4 is 15.9 Å². The quantitative estimate of drug-likeness (QED) is 0.791. The Balaban J connectivity index is 2.06. The number of rotatable bonds is 5. The van der Waals surface area contributed by atoms with E-state index in [0.717, 1.165) is 19.4 Å². The lowest BCUT2D eigenvalue weighted by atomic mass is 10.2. The summed E-state index contributed by atoms with van der Waals surface area (Å²) < 4.78 is 32.5. The first-order valence-electron chi connectivity index (χ1n) is 6.44. The van der Waals surface area contributed by atoms with Crippen LogP contribution in [0.5, 0.6) is 0 Å². The van der Waals surface area contributed by atoms with Gasteiger partial charge in [-0.3, -0.25) is 4.79 Å². The van der Waals surface area contributed by atoms with Crippen molar-refractivity contribution < 1.29 is 17.9 Å². The van der Waals surface area contributed by atoms with Crippen LogP contribution in [-0.2, 0) is 21.8 Å². The van der Waals surface area contributed by atoms with E-state index in [2.05, 4.69) is 10.0 Å². The summed E-state index contributed by atoms with van der Waals surface area (Å²) in [5.41, 5.74) is 0.303. The monoisotopic (exact) mass is 301 g/mol. The van der Waals surface area contributed by atoms with Crippen LogP contribution in [0.3, 0.4) is 0 Å². The average molecular weight is 301 g/mol. The number of carbonyl (C=O) groups excluding carboxylic acids is 1. The van der Waals surface area contributed by atoms with Crippen LogP contribution in [0.2, 0.25) is 0 Å². The SMILES string of the molecule is CNS(=O)(=O)c1cc(C(=O)NC[C@@H]2CCCO2)n(C)c1. The Morgan fingerprint density at radius 1 is 1.55 bits per heavy atom. The molecule has 1 aliphatic rings.